The van der Waals surface area contributed by atoms with Gasteiger partial charge in [-0.2, -0.15) is 0 Å². The molecule has 0 spiro atoms. The fourth-order valence-corrected chi connectivity index (χ4v) is 9.15. The molecule has 0 saturated heterocycles. The van der Waals surface area contributed by atoms with Gasteiger partial charge in [0.25, 0.3) is 0 Å². The molecule has 0 N–H and O–H groups in total. The maximum atomic E-state index is 12.9. The van der Waals surface area contributed by atoms with Crippen molar-refractivity contribution in [3.8, 4) is 11.5 Å². The Balaban J connectivity index is 0.000000265. The predicted octanol–water partition coefficient (Wildman–Crippen LogP) is 17.5. The summed E-state index contributed by atoms with van der Waals surface area (Å²) in [4.78, 5) is 25.1. The van der Waals surface area contributed by atoms with E-state index in [1.165, 1.54) is 161 Å². The smallest absolute Gasteiger partial charge is 0.314 e. The molecule has 4 aromatic carbocycles. The molecular weight excluding hydrogens is 737 g/mol. The molecule has 1 fully saturated rings. The summed E-state index contributed by atoms with van der Waals surface area (Å²) in [6, 6.07) is 28.0. The molecule has 1 aliphatic carbocycles. The summed E-state index contributed by atoms with van der Waals surface area (Å²) >= 11 is 0. The van der Waals surface area contributed by atoms with E-state index in [1.54, 1.807) is 0 Å². The number of carbonyl (C=O) groups excluding carboxylic acids is 2. The Morgan fingerprint density at radius 2 is 0.850 bits per heavy atom. The third-order valence-corrected chi connectivity index (χ3v) is 12.8. The van der Waals surface area contributed by atoms with Crippen LogP contribution in [0.3, 0.4) is 0 Å². The molecule has 5 rings (SSSR count). The molecular formula is C56H82O4. The van der Waals surface area contributed by atoms with Crippen LogP contribution in [0.15, 0.2) is 84.9 Å². The molecule has 0 radical (unpaired) electrons. The lowest BCUT2D eigenvalue weighted by atomic mass is 9.90. The molecule has 60 heavy (non-hydrogen) atoms. The van der Waals surface area contributed by atoms with Crippen molar-refractivity contribution in [3.05, 3.63) is 84.9 Å². The summed E-state index contributed by atoms with van der Waals surface area (Å²) in [6.45, 7) is 4.56. The van der Waals surface area contributed by atoms with Crippen molar-refractivity contribution in [2.75, 3.05) is 0 Å². The topological polar surface area (TPSA) is 52.6 Å². The zero-order valence-corrected chi connectivity index (χ0v) is 38.1. The lowest BCUT2D eigenvalue weighted by molar-refractivity contribution is -0.140. The minimum Gasteiger partial charge on any atom is -0.426 e. The van der Waals surface area contributed by atoms with Crippen LogP contribution in [0.25, 0.3) is 21.5 Å². The van der Waals surface area contributed by atoms with Gasteiger partial charge in [-0.15, -0.1) is 0 Å². The Morgan fingerprint density at radius 1 is 0.450 bits per heavy atom. The highest BCUT2D eigenvalue weighted by Crippen LogP contribution is 2.37. The van der Waals surface area contributed by atoms with Crippen molar-refractivity contribution < 1.29 is 19.1 Å². The summed E-state index contributed by atoms with van der Waals surface area (Å²) in [7, 11) is 0. The van der Waals surface area contributed by atoms with Gasteiger partial charge in [-0.25, -0.2) is 0 Å². The number of hydrogen-bond donors (Lipinski definition) is 0. The van der Waals surface area contributed by atoms with Crippen LogP contribution in [0, 0.1) is 11.8 Å². The summed E-state index contributed by atoms with van der Waals surface area (Å²) in [5.41, 5.74) is 0. The van der Waals surface area contributed by atoms with Crippen molar-refractivity contribution in [1.82, 2.24) is 0 Å². The summed E-state index contributed by atoms with van der Waals surface area (Å²) in [5.74, 6) is 1.87. The highest BCUT2D eigenvalue weighted by atomic mass is 16.5. The van der Waals surface area contributed by atoms with Gasteiger partial charge in [0.1, 0.15) is 11.5 Å². The Kier molecular flexibility index (Phi) is 25.5. The van der Waals surface area contributed by atoms with Gasteiger partial charge in [-0.1, -0.05) is 247 Å². The average Bonchev–Trinajstić information content (AvgIpc) is 3.75. The maximum absolute atomic E-state index is 12.9. The number of esters is 2. The van der Waals surface area contributed by atoms with Gasteiger partial charge in [0.15, 0.2) is 0 Å². The Bertz CT molecular complexity index is 1720. The molecule has 2 unspecified atom stereocenters. The highest BCUT2D eigenvalue weighted by molar-refractivity contribution is 5.91. The summed E-state index contributed by atoms with van der Waals surface area (Å²) in [5, 5.41) is 4.26. The van der Waals surface area contributed by atoms with Crippen LogP contribution >= 0.6 is 0 Å². The first kappa shape index (κ1) is 49.0. The van der Waals surface area contributed by atoms with E-state index in [2.05, 4.69) is 26.0 Å². The number of fused-ring (bicyclic) bond motifs is 2. The fraction of sp³-hybridized carbons (Fsp3) is 0.607. The van der Waals surface area contributed by atoms with Gasteiger partial charge in [0.05, 0.1) is 5.92 Å². The molecule has 0 amide bonds. The molecule has 2 atom stereocenters. The summed E-state index contributed by atoms with van der Waals surface area (Å²) < 4.78 is 11.5. The lowest BCUT2D eigenvalue weighted by Crippen LogP contribution is -2.24. The van der Waals surface area contributed by atoms with Gasteiger partial charge in [0.2, 0.25) is 0 Å². The van der Waals surface area contributed by atoms with Crippen LogP contribution < -0.4 is 9.47 Å². The minimum absolute atomic E-state index is 0.0130. The first-order chi connectivity index (χ1) is 29.6. The molecule has 0 bridgehead atoms. The van der Waals surface area contributed by atoms with Crippen LogP contribution in [0.1, 0.15) is 206 Å². The number of ether oxygens (including phenoxy) is 2. The van der Waals surface area contributed by atoms with Crippen LogP contribution in [-0.4, -0.2) is 11.9 Å². The molecule has 4 aromatic rings. The lowest BCUT2D eigenvalue weighted by Gasteiger charge is -2.19. The van der Waals surface area contributed by atoms with E-state index in [0.717, 1.165) is 47.2 Å². The third-order valence-electron chi connectivity index (χ3n) is 12.8. The maximum Gasteiger partial charge on any atom is 0.314 e. The zero-order valence-electron chi connectivity index (χ0n) is 38.1. The quantitative estimate of drug-likeness (QED) is 0.0299. The van der Waals surface area contributed by atoms with Crippen LogP contribution in [-0.2, 0) is 9.59 Å². The number of unbranched alkanes of at least 4 members (excludes halogenated alkanes) is 23. The van der Waals surface area contributed by atoms with E-state index in [4.69, 9.17) is 9.47 Å². The largest absolute Gasteiger partial charge is 0.426 e. The van der Waals surface area contributed by atoms with E-state index in [9.17, 15) is 9.59 Å². The van der Waals surface area contributed by atoms with Crippen molar-refractivity contribution in [2.45, 2.75) is 206 Å². The van der Waals surface area contributed by atoms with Crippen molar-refractivity contribution in [2.24, 2.45) is 11.8 Å². The van der Waals surface area contributed by atoms with Crippen LogP contribution in [0.2, 0.25) is 0 Å². The molecule has 4 nitrogen and oxygen atoms in total. The first-order valence-electron chi connectivity index (χ1n) is 25.0. The van der Waals surface area contributed by atoms with Crippen molar-refractivity contribution >= 4 is 33.5 Å². The van der Waals surface area contributed by atoms with Crippen molar-refractivity contribution in [3.63, 3.8) is 0 Å². The standard InChI is InChI=1S/C28H40O2.C28H42O2/c1-2-3-4-5-6-7-8-9-10-11-16-24-18-14-21-26(24)28(29)30-27-22-15-19-23-17-12-13-20-25(23)27;1-2-3-4-5-6-7-8-9-10-11-12-13-14-15-16-24-28(29)30-27-23-19-21-25-20-17-18-22-26(25)27/h12-13,15,17,19-20,22,24,26H,2-11,14,16,18,21H2,1H3;17-23H,2-16,24H2,1H3. The zero-order chi connectivity index (χ0) is 42.3. The van der Waals surface area contributed by atoms with E-state index >= 15 is 0 Å². The Labute approximate surface area is 366 Å². The van der Waals surface area contributed by atoms with E-state index in [0.29, 0.717) is 23.8 Å². The SMILES string of the molecule is CCCCCCCCCCCCC1CCCC1C(=O)Oc1cccc2ccccc12.CCCCCCCCCCCCCCCCCC(=O)Oc1cccc2ccccc12. The molecule has 1 saturated carbocycles. The number of hydrogen-bond acceptors (Lipinski definition) is 4. The molecule has 0 heterocycles. The Hall–Kier alpha value is -3.66. The molecule has 4 heteroatoms. The van der Waals surface area contributed by atoms with Crippen LogP contribution in [0.5, 0.6) is 11.5 Å². The van der Waals surface area contributed by atoms with Gasteiger partial charge in [-0.05, 0) is 54.5 Å². The van der Waals surface area contributed by atoms with E-state index < -0.39 is 0 Å². The van der Waals surface area contributed by atoms with Gasteiger partial charge >= 0.3 is 11.9 Å². The molecule has 0 aromatic heterocycles. The normalized spacial score (nSPS) is 14.9. The van der Waals surface area contributed by atoms with Crippen molar-refractivity contribution in [1.29, 1.82) is 0 Å². The second-order valence-electron chi connectivity index (χ2n) is 17.8. The van der Waals surface area contributed by atoms with Crippen LogP contribution in [0.4, 0.5) is 0 Å². The van der Waals surface area contributed by atoms with E-state index in [-0.39, 0.29) is 17.9 Å². The third kappa shape index (κ3) is 19.4. The monoisotopic (exact) mass is 819 g/mol. The number of benzene rings is 4. The first-order valence-corrected chi connectivity index (χ1v) is 25.0. The van der Waals surface area contributed by atoms with E-state index in [1.807, 2.05) is 72.8 Å². The molecule has 0 aliphatic heterocycles. The van der Waals surface area contributed by atoms with Gasteiger partial charge < -0.3 is 9.47 Å². The molecule has 330 valence electrons. The number of carbonyl (C=O) groups is 2. The second kappa shape index (κ2) is 31.2. The molecule has 1 aliphatic rings. The minimum atomic E-state index is -0.110. The fourth-order valence-electron chi connectivity index (χ4n) is 9.15. The second-order valence-corrected chi connectivity index (χ2v) is 17.8. The highest BCUT2D eigenvalue weighted by Gasteiger charge is 2.34. The average molecular weight is 819 g/mol. The van der Waals surface area contributed by atoms with Gasteiger partial charge in [-0.3, -0.25) is 9.59 Å². The summed E-state index contributed by atoms with van der Waals surface area (Å²) in [6.07, 6.45) is 38.7. The number of rotatable bonds is 30. The van der Waals surface area contributed by atoms with Gasteiger partial charge in [0, 0.05) is 17.2 Å². The Morgan fingerprint density at radius 3 is 1.33 bits per heavy atom. The predicted molar refractivity (Wildman–Crippen MR) is 256 cm³/mol.